The molecule has 2 heteroatoms. The summed E-state index contributed by atoms with van der Waals surface area (Å²) in [6.07, 6.45) is 6.50. The number of hydrogen-bond donors (Lipinski definition) is 2. The minimum atomic E-state index is 0.726. The van der Waals surface area contributed by atoms with E-state index in [-0.39, 0.29) is 0 Å². The molecule has 1 aliphatic carbocycles. The van der Waals surface area contributed by atoms with Gasteiger partial charge in [0.25, 0.3) is 0 Å². The summed E-state index contributed by atoms with van der Waals surface area (Å²) in [7, 11) is 0. The fourth-order valence-corrected chi connectivity index (χ4v) is 3.62. The van der Waals surface area contributed by atoms with Crippen LogP contribution in [0, 0.1) is 0 Å². The predicted molar refractivity (Wildman–Crippen MR) is 75.2 cm³/mol. The Morgan fingerprint density at radius 1 is 1.11 bits per heavy atom. The average molecular weight is 240 g/mol. The molecule has 0 amide bonds. The van der Waals surface area contributed by atoms with Gasteiger partial charge in [0.05, 0.1) is 0 Å². The van der Waals surface area contributed by atoms with Crippen molar-refractivity contribution >= 4 is 10.9 Å². The van der Waals surface area contributed by atoms with Crippen LogP contribution in [-0.2, 0) is 12.8 Å². The van der Waals surface area contributed by atoms with E-state index in [1.165, 1.54) is 60.8 Å². The Morgan fingerprint density at radius 3 is 2.94 bits per heavy atom. The van der Waals surface area contributed by atoms with E-state index in [2.05, 4.69) is 28.5 Å². The van der Waals surface area contributed by atoms with Crippen molar-refractivity contribution in [2.24, 2.45) is 0 Å². The van der Waals surface area contributed by atoms with E-state index in [0.717, 1.165) is 12.5 Å². The van der Waals surface area contributed by atoms with Gasteiger partial charge in [0, 0.05) is 23.1 Å². The standard InChI is InChI=1S/C16H20N2/c1-2-4-15-13(3-1)14-9-11(5-6-16(14)18-15)12-7-8-17-10-12/h5-6,9,12,17-18H,1-4,7-8,10H2. The monoisotopic (exact) mass is 240 g/mol. The Labute approximate surface area is 108 Å². The molecule has 1 aromatic heterocycles. The van der Waals surface area contributed by atoms with Crippen molar-refractivity contribution in [3.8, 4) is 0 Å². The summed E-state index contributed by atoms with van der Waals surface area (Å²) in [6.45, 7) is 2.33. The Kier molecular flexibility index (Phi) is 2.44. The van der Waals surface area contributed by atoms with Crippen molar-refractivity contribution in [3.05, 3.63) is 35.0 Å². The Bertz CT molecular complexity index is 576. The minimum Gasteiger partial charge on any atom is -0.358 e. The number of aromatic amines is 1. The van der Waals surface area contributed by atoms with Crippen LogP contribution in [0.5, 0.6) is 0 Å². The summed E-state index contributed by atoms with van der Waals surface area (Å²) >= 11 is 0. The first-order valence-electron chi connectivity index (χ1n) is 7.26. The van der Waals surface area contributed by atoms with Gasteiger partial charge in [-0.25, -0.2) is 0 Å². The molecule has 1 aliphatic heterocycles. The summed E-state index contributed by atoms with van der Waals surface area (Å²) in [6, 6.07) is 7.07. The van der Waals surface area contributed by atoms with Crippen LogP contribution >= 0.6 is 0 Å². The molecule has 4 rings (SSSR count). The van der Waals surface area contributed by atoms with Gasteiger partial charge < -0.3 is 10.3 Å². The summed E-state index contributed by atoms with van der Waals surface area (Å²) in [4.78, 5) is 3.62. The van der Waals surface area contributed by atoms with E-state index in [0.29, 0.717) is 0 Å². The van der Waals surface area contributed by atoms with Gasteiger partial charge in [-0.2, -0.15) is 0 Å². The van der Waals surface area contributed by atoms with Crippen LogP contribution in [0.4, 0.5) is 0 Å². The van der Waals surface area contributed by atoms with Crippen molar-refractivity contribution in [3.63, 3.8) is 0 Å². The lowest BCUT2D eigenvalue weighted by molar-refractivity contribution is 0.680. The molecule has 18 heavy (non-hydrogen) atoms. The van der Waals surface area contributed by atoms with Crippen molar-refractivity contribution in [2.45, 2.75) is 38.0 Å². The maximum Gasteiger partial charge on any atom is 0.0459 e. The average Bonchev–Trinajstić information content (AvgIpc) is 3.05. The second kappa shape index (κ2) is 4.13. The van der Waals surface area contributed by atoms with Gasteiger partial charge in [0.15, 0.2) is 0 Å². The van der Waals surface area contributed by atoms with Gasteiger partial charge in [0.1, 0.15) is 0 Å². The lowest BCUT2D eigenvalue weighted by atomic mass is 9.92. The van der Waals surface area contributed by atoms with E-state index < -0.39 is 0 Å². The second-order valence-corrected chi connectivity index (χ2v) is 5.78. The molecule has 2 aromatic rings. The summed E-state index contributed by atoms with van der Waals surface area (Å²) in [5.41, 5.74) is 5.97. The third-order valence-corrected chi connectivity index (χ3v) is 4.65. The Hall–Kier alpha value is -1.28. The molecule has 1 fully saturated rings. The number of benzene rings is 1. The number of H-pyrrole nitrogens is 1. The highest BCUT2D eigenvalue weighted by atomic mass is 14.9. The maximum absolute atomic E-state index is 3.62. The highest BCUT2D eigenvalue weighted by Gasteiger charge is 2.19. The van der Waals surface area contributed by atoms with Gasteiger partial charge in [-0.15, -0.1) is 0 Å². The van der Waals surface area contributed by atoms with Crippen LogP contribution in [0.1, 0.15) is 42.0 Å². The Balaban J connectivity index is 1.83. The number of nitrogens with one attached hydrogen (secondary N) is 2. The third kappa shape index (κ3) is 1.59. The molecule has 94 valence electrons. The van der Waals surface area contributed by atoms with Crippen LogP contribution < -0.4 is 5.32 Å². The van der Waals surface area contributed by atoms with Gasteiger partial charge >= 0.3 is 0 Å². The number of hydrogen-bond acceptors (Lipinski definition) is 1. The van der Waals surface area contributed by atoms with Gasteiger partial charge in [0.2, 0.25) is 0 Å². The van der Waals surface area contributed by atoms with Crippen LogP contribution in [0.15, 0.2) is 18.2 Å². The first-order chi connectivity index (χ1) is 8.92. The van der Waals surface area contributed by atoms with E-state index in [1.807, 2.05) is 0 Å². The summed E-state index contributed by atoms with van der Waals surface area (Å²) < 4.78 is 0. The van der Waals surface area contributed by atoms with Crippen molar-refractivity contribution < 1.29 is 0 Å². The zero-order valence-electron chi connectivity index (χ0n) is 10.8. The fraction of sp³-hybridized carbons (Fsp3) is 0.500. The molecule has 2 heterocycles. The quantitative estimate of drug-likeness (QED) is 0.787. The molecule has 1 atom stereocenters. The second-order valence-electron chi connectivity index (χ2n) is 5.78. The summed E-state index contributed by atoms with van der Waals surface area (Å²) in [5, 5.41) is 4.96. The first kappa shape index (κ1) is 10.6. The third-order valence-electron chi connectivity index (χ3n) is 4.65. The molecule has 0 bridgehead atoms. The summed E-state index contributed by atoms with van der Waals surface area (Å²) in [5.74, 6) is 0.726. The van der Waals surface area contributed by atoms with E-state index in [9.17, 15) is 0 Å². The van der Waals surface area contributed by atoms with Gasteiger partial charge in [-0.3, -0.25) is 0 Å². The zero-order chi connectivity index (χ0) is 11.9. The molecule has 1 unspecified atom stereocenters. The van der Waals surface area contributed by atoms with Crippen LogP contribution in [0.3, 0.4) is 0 Å². The van der Waals surface area contributed by atoms with Crippen molar-refractivity contribution in [2.75, 3.05) is 13.1 Å². The van der Waals surface area contributed by atoms with E-state index >= 15 is 0 Å². The molecule has 2 N–H and O–H groups in total. The first-order valence-corrected chi connectivity index (χ1v) is 7.26. The van der Waals surface area contributed by atoms with Crippen LogP contribution in [0.2, 0.25) is 0 Å². The Morgan fingerprint density at radius 2 is 2.06 bits per heavy atom. The van der Waals surface area contributed by atoms with E-state index in [1.54, 1.807) is 5.56 Å². The number of aromatic nitrogens is 1. The van der Waals surface area contributed by atoms with Crippen LogP contribution in [-0.4, -0.2) is 18.1 Å². The molecule has 0 spiro atoms. The molecule has 2 nitrogen and oxygen atoms in total. The predicted octanol–water partition coefficient (Wildman–Crippen LogP) is 3.12. The van der Waals surface area contributed by atoms with Crippen molar-refractivity contribution in [1.82, 2.24) is 10.3 Å². The lowest BCUT2D eigenvalue weighted by Crippen LogP contribution is -2.07. The number of aryl methyl sites for hydroxylation is 2. The lowest BCUT2D eigenvalue weighted by Gasteiger charge is -2.12. The molecular formula is C16H20N2. The molecular weight excluding hydrogens is 220 g/mol. The number of rotatable bonds is 1. The highest BCUT2D eigenvalue weighted by molar-refractivity contribution is 5.85. The topological polar surface area (TPSA) is 27.8 Å². The maximum atomic E-state index is 3.62. The largest absolute Gasteiger partial charge is 0.358 e. The number of fused-ring (bicyclic) bond motifs is 3. The van der Waals surface area contributed by atoms with Crippen molar-refractivity contribution in [1.29, 1.82) is 0 Å². The highest BCUT2D eigenvalue weighted by Crippen LogP contribution is 2.32. The smallest absolute Gasteiger partial charge is 0.0459 e. The molecule has 2 aliphatic rings. The zero-order valence-corrected chi connectivity index (χ0v) is 10.8. The minimum absolute atomic E-state index is 0.726. The molecule has 1 aromatic carbocycles. The SMILES string of the molecule is c1cc2[nH]c3c(c2cc1C1CCNC1)CCCC3. The molecule has 1 saturated heterocycles. The molecule has 0 saturated carbocycles. The molecule has 0 radical (unpaired) electrons. The normalized spacial score (nSPS) is 23.4. The van der Waals surface area contributed by atoms with Gasteiger partial charge in [-0.1, -0.05) is 6.07 Å². The van der Waals surface area contributed by atoms with Crippen LogP contribution in [0.25, 0.3) is 10.9 Å². The van der Waals surface area contributed by atoms with E-state index in [4.69, 9.17) is 0 Å². The fourth-order valence-electron chi connectivity index (χ4n) is 3.62. The van der Waals surface area contributed by atoms with Gasteiger partial charge in [-0.05, 0) is 67.8 Å².